The molecule has 0 radical (unpaired) electrons. The maximum atomic E-state index is 13.9. The predicted octanol–water partition coefficient (Wildman–Crippen LogP) is 2.80. The number of unbranched alkanes of at least 4 members (excludes halogenated alkanes) is 7. The SMILES string of the molecule is CC(C)CCCCCCCCCCC(=O)N(C)[C@H](CO)C(=O)N[C@H](C)C(=O)NCC(=O)N(C)[C@@H]1C(=O)N[C@@H](C)C(=O)N[C@H](C(=O)O)Cc2cc(c(O)c([N+](=O)[O-])c2)-c2cc1ccc2O. The van der Waals surface area contributed by atoms with Crippen molar-refractivity contribution < 1.29 is 58.9 Å². The van der Waals surface area contributed by atoms with Crippen LogP contribution in [-0.4, -0.2) is 128 Å². The molecule has 2 aromatic carbocycles. The summed E-state index contributed by atoms with van der Waals surface area (Å²) in [5, 5.41) is 63.2. The molecule has 64 heavy (non-hydrogen) atoms. The number of nitrogens with zero attached hydrogens (tertiary/aromatic N) is 3. The number of amides is 6. The topological polar surface area (TPSA) is 298 Å². The van der Waals surface area contributed by atoms with Gasteiger partial charge in [-0.3, -0.25) is 38.9 Å². The first-order valence-electron chi connectivity index (χ1n) is 21.6. The number of phenols is 2. The molecule has 4 bridgehead atoms. The molecule has 3 rings (SSSR count). The molecule has 1 aliphatic rings. The van der Waals surface area contributed by atoms with E-state index in [1.807, 2.05) is 0 Å². The molecule has 20 nitrogen and oxygen atoms in total. The number of rotatable bonds is 21. The van der Waals surface area contributed by atoms with E-state index >= 15 is 0 Å². The molecule has 5 atom stereocenters. The number of likely N-dealkylation sites (N-methyl/N-ethyl adjacent to an activating group) is 2. The van der Waals surface area contributed by atoms with Crippen LogP contribution < -0.4 is 21.3 Å². The zero-order chi connectivity index (χ0) is 47.8. The molecule has 2 aromatic rings. The molecule has 0 saturated heterocycles. The Hall–Kier alpha value is -6.31. The smallest absolute Gasteiger partial charge is 0.326 e. The van der Waals surface area contributed by atoms with Crippen molar-refractivity contribution >= 4 is 47.1 Å². The van der Waals surface area contributed by atoms with Gasteiger partial charge in [-0.15, -0.1) is 0 Å². The maximum absolute atomic E-state index is 13.9. The zero-order valence-corrected chi connectivity index (χ0v) is 37.3. The van der Waals surface area contributed by atoms with Gasteiger partial charge in [-0.1, -0.05) is 71.3 Å². The number of fused-ring (bicyclic) bond motifs is 5. The number of hydrogen-bond donors (Lipinski definition) is 8. The van der Waals surface area contributed by atoms with Crippen molar-refractivity contribution in [3.05, 3.63) is 51.6 Å². The summed E-state index contributed by atoms with van der Waals surface area (Å²) in [6.07, 6.45) is 9.28. The summed E-state index contributed by atoms with van der Waals surface area (Å²) in [5.41, 5.74) is -1.39. The molecule has 0 fully saturated rings. The third-order valence-electron chi connectivity index (χ3n) is 11.2. The molecule has 20 heteroatoms. The molecule has 1 heterocycles. The van der Waals surface area contributed by atoms with E-state index in [1.54, 1.807) is 0 Å². The van der Waals surface area contributed by atoms with Gasteiger partial charge in [0.15, 0.2) is 0 Å². The summed E-state index contributed by atoms with van der Waals surface area (Å²) < 4.78 is 0. The lowest BCUT2D eigenvalue weighted by Gasteiger charge is -2.30. The van der Waals surface area contributed by atoms with Crippen LogP contribution in [0.2, 0.25) is 0 Å². The van der Waals surface area contributed by atoms with E-state index in [1.165, 1.54) is 71.8 Å². The van der Waals surface area contributed by atoms with Gasteiger partial charge in [0.1, 0.15) is 36.0 Å². The normalized spacial score (nSPS) is 17.2. The molecule has 0 aromatic heterocycles. The Balaban J connectivity index is 1.72. The summed E-state index contributed by atoms with van der Waals surface area (Å²) in [4.78, 5) is 105. The Labute approximate surface area is 372 Å². The minimum atomic E-state index is -1.65. The highest BCUT2D eigenvalue weighted by molar-refractivity contribution is 5.96. The number of aliphatic carboxylic acids is 1. The van der Waals surface area contributed by atoms with Crippen LogP contribution in [0.1, 0.15) is 109 Å². The molecule has 8 N–H and O–H groups in total. The third kappa shape index (κ3) is 14.6. The van der Waals surface area contributed by atoms with Gasteiger partial charge in [-0.25, -0.2) is 4.79 Å². The summed E-state index contributed by atoms with van der Waals surface area (Å²) in [6.45, 7) is 5.58. The second kappa shape index (κ2) is 24.5. The van der Waals surface area contributed by atoms with E-state index in [-0.39, 0.29) is 34.6 Å². The Morgan fingerprint density at radius 3 is 2.08 bits per heavy atom. The molecule has 0 unspecified atom stereocenters. The van der Waals surface area contributed by atoms with Crippen molar-refractivity contribution in [2.75, 3.05) is 27.2 Å². The number of carboxylic acid groups (broad SMARTS) is 1. The van der Waals surface area contributed by atoms with Crippen LogP contribution in [0, 0.1) is 16.0 Å². The van der Waals surface area contributed by atoms with Gasteiger partial charge in [-0.2, -0.15) is 0 Å². The second-order valence-electron chi connectivity index (χ2n) is 16.7. The van der Waals surface area contributed by atoms with Gasteiger partial charge in [0, 0.05) is 44.1 Å². The van der Waals surface area contributed by atoms with Gasteiger partial charge in [0.05, 0.1) is 18.1 Å². The number of aliphatic hydroxyl groups excluding tert-OH is 1. The quantitative estimate of drug-likeness (QED) is 0.0509. The van der Waals surface area contributed by atoms with Crippen molar-refractivity contribution in [1.82, 2.24) is 31.1 Å². The number of carbonyl (C=O) groups excluding carboxylic acids is 6. The lowest BCUT2D eigenvalue weighted by atomic mass is 9.93. The fraction of sp³-hybridized carbons (Fsp3) is 0.568. The highest BCUT2D eigenvalue weighted by atomic mass is 16.6. The van der Waals surface area contributed by atoms with E-state index < -0.39 is 107 Å². The molecule has 0 spiro atoms. The van der Waals surface area contributed by atoms with Crippen LogP contribution >= 0.6 is 0 Å². The minimum Gasteiger partial charge on any atom is -0.507 e. The van der Waals surface area contributed by atoms with Crippen LogP contribution in [-0.2, 0) is 40.0 Å². The first-order chi connectivity index (χ1) is 30.2. The first-order valence-corrected chi connectivity index (χ1v) is 21.6. The fourth-order valence-corrected chi connectivity index (χ4v) is 7.30. The Kier molecular flexibility index (Phi) is 19.9. The second-order valence-corrected chi connectivity index (χ2v) is 16.7. The van der Waals surface area contributed by atoms with E-state index in [2.05, 4.69) is 35.1 Å². The molecular weight excluding hydrogens is 835 g/mol. The van der Waals surface area contributed by atoms with Crippen LogP contribution in [0.5, 0.6) is 11.5 Å². The van der Waals surface area contributed by atoms with Crippen LogP contribution in [0.25, 0.3) is 11.1 Å². The molecule has 0 aliphatic carbocycles. The Morgan fingerprint density at radius 2 is 1.48 bits per heavy atom. The van der Waals surface area contributed by atoms with Crippen molar-refractivity contribution in [2.24, 2.45) is 5.92 Å². The zero-order valence-electron chi connectivity index (χ0n) is 37.3. The van der Waals surface area contributed by atoms with Gasteiger partial charge < -0.3 is 51.5 Å². The van der Waals surface area contributed by atoms with Crippen molar-refractivity contribution in [3.63, 3.8) is 0 Å². The standard InChI is InChI=1S/C44H63N7O13/c1-25(2)15-13-11-9-7-8-10-12-14-16-36(54)49(5)34(24-52)42(59)46-26(3)40(57)45-23-37(55)50(6)38-29-17-18-35(53)30(22-29)31-19-28(21-33(39(31)56)51(63)64)20-32(44(61)62)48-41(58)27(4)47-43(38)60/h17-19,21-22,25-27,32,34,38,52-53,56H,7-16,20,23-24H2,1-6H3,(H,45,57)(H,46,59)(H,47,60)(H,48,58)(H,61,62)/t26-,27+,32+,34-,38+/m1/s1. The fourth-order valence-electron chi connectivity index (χ4n) is 7.30. The van der Waals surface area contributed by atoms with Gasteiger partial charge >= 0.3 is 11.7 Å². The molecule has 1 aliphatic heterocycles. The molecule has 0 saturated carbocycles. The third-order valence-corrected chi connectivity index (χ3v) is 11.2. The van der Waals surface area contributed by atoms with E-state index in [0.29, 0.717) is 12.3 Å². The summed E-state index contributed by atoms with van der Waals surface area (Å²) in [5.74, 6) is -6.97. The van der Waals surface area contributed by atoms with Crippen molar-refractivity contribution in [2.45, 2.75) is 129 Å². The van der Waals surface area contributed by atoms with Crippen LogP contribution in [0.15, 0.2) is 30.3 Å². The number of phenolic OH excluding ortho intramolecular Hbond substituents is 2. The number of carbonyl (C=O) groups is 7. The monoisotopic (exact) mass is 897 g/mol. The Morgan fingerprint density at radius 1 is 0.859 bits per heavy atom. The number of aromatic hydroxyl groups is 2. The average molecular weight is 898 g/mol. The van der Waals surface area contributed by atoms with Gasteiger partial charge in [0.2, 0.25) is 41.2 Å². The minimum absolute atomic E-state index is 0.00227. The van der Waals surface area contributed by atoms with E-state index in [9.17, 15) is 64.1 Å². The highest BCUT2D eigenvalue weighted by Crippen LogP contribution is 2.43. The number of aliphatic hydroxyl groups is 1. The summed E-state index contributed by atoms with van der Waals surface area (Å²) in [7, 11) is 2.59. The molecule has 352 valence electrons. The van der Waals surface area contributed by atoms with E-state index in [0.717, 1.165) is 47.6 Å². The van der Waals surface area contributed by atoms with E-state index in [4.69, 9.17) is 0 Å². The first kappa shape index (κ1) is 52.0. The average Bonchev–Trinajstić information content (AvgIpc) is 3.23. The Bertz CT molecular complexity index is 2030. The van der Waals surface area contributed by atoms with Crippen LogP contribution in [0.4, 0.5) is 5.69 Å². The summed E-state index contributed by atoms with van der Waals surface area (Å²) >= 11 is 0. The predicted molar refractivity (Wildman–Crippen MR) is 234 cm³/mol. The lowest BCUT2D eigenvalue weighted by Crippen LogP contribution is -2.55. The number of carboxylic acids is 1. The summed E-state index contributed by atoms with van der Waals surface area (Å²) in [6, 6.07) is -1.52. The largest absolute Gasteiger partial charge is 0.507 e. The maximum Gasteiger partial charge on any atom is 0.326 e. The molecular formula is C44H63N7O13. The number of nitro groups is 1. The number of hydrogen-bond acceptors (Lipinski definition) is 12. The molecule has 6 amide bonds. The highest BCUT2D eigenvalue weighted by Gasteiger charge is 2.35. The number of benzene rings is 2. The van der Waals surface area contributed by atoms with Crippen LogP contribution in [0.3, 0.4) is 0 Å². The van der Waals surface area contributed by atoms with Gasteiger partial charge in [-0.05, 0) is 55.5 Å². The van der Waals surface area contributed by atoms with Gasteiger partial charge in [0.25, 0.3) is 0 Å². The lowest BCUT2D eigenvalue weighted by molar-refractivity contribution is -0.385. The number of nitrogens with one attached hydrogen (secondary N) is 4. The van der Waals surface area contributed by atoms with Crippen molar-refractivity contribution in [1.29, 1.82) is 0 Å². The van der Waals surface area contributed by atoms with Crippen molar-refractivity contribution in [3.8, 4) is 22.6 Å². The number of nitro benzene ring substituents is 1.